The molecular formula is C11H20N2O3. The normalized spacial score (nSPS) is 9.81. The van der Waals surface area contributed by atoms with Crippen LogP contribution in [0.15, 0.2) is 0 Å². The van der Waals surface area contributed by atoms with Crippen LogP contribution in [0, 0.1) is 11.3 Å². The van der Waals surface area contributed by atoms with Gasteiger partial charge < -0.3 is 14.4 Å². The molecule has 0 spiro atoms. The second-order valence-corrected chi connectivity index (χ2v) is 3.39. The number of ether oxygens (including phenoxy) is 2. The number of amides is 1. The van der Waals surface area contributed by atoms with E-state index in [2.05, 4.69) is 0 Å². The summed E-state index contributed by atoms with van der Waals surface area (Å²) in [4.78, 5) is 12.9. The first kappa shape index (κ1) is 14.9. The van der Waals surface area contributed by atoms with E-state index in [0.717, 1.165) is 13.0 Å². The SMILES string of the molecule is CCCOCCOCC(=O)N(C)CCC#N. The Morgan fingerprint density at radius 3 is 2.62 bits per heavy atom. The number of hydrogen-bond donors (Lipinski definition) is 0. The van der Waals surface area contributed by atoms with Crippen LogP contribution in [0.2, 0.25) is 0 Å². The maximum Gasteiger partial charge on any atom is 0.248 e. The molecule has 0 radical (unpaired) electrons. The van der Waals surface area contributed by atoms with Gasteiger partial charge >= 0.3 is 0 Å². The predicted molar refractivity (Wildman–Crippen MR) is 59.8 cm³/mol. The first-order valence-corrected chi connectivity index (χ1v) is 5.48. The van der Waals surface area contributed by atoms with Gasteiger partial charge in [0, 0.05) is 20.2 Å². The van der Waals surface area contributed by atoms with Crippen LogP contribution < -0.4 is 0 Å². The van der Waals surface area contributed by atoms with Crippen molar-refractivity contribution < 1.29 is 14.3 Å². The maximum absolute atomic E-state index is 11.4. The molecule has 0 N–H and O–H groups in total. The summed E-state index contributed by atoms with van der Waals surface area (Å²) in [5.41, 5.74) is 0. The number of hydrogen-bond acceptors (Lipinski definition) is 4. The van der Waals surface area contributed by atoms with Crippen molar-refractivity contribution in [3.63, 3.8) is 0 Å². The first-order valence-electron chi connectivity index (χ1n) is 5.48. The highest BCUT2D eigenvalue weighted by Gasteiger charge is 2.07. The van der Waals surface area contributed by atoms with Gasteiger partial charge in [-0.05, 0) is 6.42 Å². The topological polar surface area (TPSA) is 62.6 Å². The van der Waals surface area contributed by atoms with Crippen LogP contribution in [0.1, 0.15) is 19.8 Å². The largest absolute Gasteiger partial charge is 0.379 e. The number of carbonyl (C=O) groups excluding carboxylic acids is 1. The third kappa shape index (κ3) is 8.21. The smallest absolute Gasteiger partial charge is 0.248 e. The number of nitrogens with zero attached hydrogens (tertiary/aromatic N) is 2. The van der Waals surface area contributed by atoms with E-state index in [0.29, 0.717) is 26.2 Å². The van der Waals surface area contributed by atoms with Crippen LogP contribution in [0.4, 0.5) is 0 Å². The Hall–Kier alpha value is -1.12. The quantitative estimate of drug-likeness (QED) is 0.548. The van der Waals surface area contributed by atoms with Crippen molar-refractivity contribution in [2.24, 2.45) is 0 Å². The van der Waals surface area contributed by atoms with Crippen molar-refractivity contribution in [1.29, 1.82) is 5.26 Å². The molecule has 0 atom stereocenters. The van der Waals surface area contributed by atoms with Crippen molar-refractivity contribution in [3.05, 3.63) is 0 Å². The van der Waals surface area contributed by atoms with E-state index in [1.54, 1.807) is 7.05 Å². The summed E-state index contributed by atoms with van der Waals surface area (Å²) in [6, 6.07) is 1.99. The predicted octanol–water partition coefficient (Wildman–Crippen LogP) is 0.802. The standard InChI is InChI=1S/C11H20N2O3/c1-3-7-15-8-9-16-10-11(14)13(2)6-4-5-12/h3-4,6-10H2,1-2H3. The van der Waals surface area contributed by atoms with Crippen LogP contribution in [0.5, 0.6) is 0 Å². The highest BCUT2D eigenvalue weighted by Crippen LogP contribution is 1.89. The second kappa shape index (κ2) is 10.4. The zero-order valence-corrected chi connectivity index (χ0v) is 10.1. The average Bonchev–Trinajstić information content (AvgIpc) is 2.30. The van der Waals surface area contributed by atoms with E-state index < -0.39 is 0 Å². The molecule has 0 saturated heterocycles. The fraction of sp³-hybridized carbons (Fsp3) is 0.818. The molecule has 5 nitrogen and oxygen atoms in total. The monoisotopic (exact) mass is 228 g/mol. The number of rotatable bonds is 9. The van der Waals surface area contributed by atoms with Gasteiger partial charge in [-0.1, -0.05) is 6.92 Å². The van der Waals surface area contributed by atoms with E-state index in [-0.39, 0.29) is 12.5 Å². The van der Waals surface area contributed by atoms with Gasteiger partial charge in [0.1, 0.15) is 6.61 Å². The fourth-order valence-electron chi connectivity index (χ4n) is 0.976. The lowest BCUT2D eigenvalue weighted by Crippen LogP contribution is -2.31. The van der Waals surface area contributed by atoms with Gasteiger partial charge in [-0.3, -0.25) is 4.79 Å². The minimum atomic E-state index is -0.106. The minimum Gasteiger partial charge on any atom is -0.379 e. The highest BCUT2D eigenvalue weighted by molar-refractivity contribution is 5.77. The molecule has 0 fully saturated rings. The summed E-state index contributed by atoms with van der Waals surface area (Å²) < 4.78 is 10.3. The van der Waals surface area contributed by atoms with Crippen molar-refractivity contribution in [2.45, 2.75) is 19.8 Å². The second-order valence-electron chi connectivity index (χ2n) is 3.39. The van der Waals surface area contributed by atoms with Gasteiger partial charge in [0.05, 0.1) is 25.7 Å². The molecule has 0 bridgehead atoms. The van der Waals surface area contributed by atoms with Gasteiger partial charge in [0.2, 0.25) is 5.91 Å². The third-order valence-corrected chi connectivity index (χ3v) is 1.93. The third-order valence-electron chi connectivity index (χ3n) is 1.93. The summed E-state index contributed by atoms with van der Waals surface area (Å²) >= 11 is 0. The van der Waals surface area contributed by atoms with Crippen molar-refractivity contribution in [3.8, 4) is 6.07 Å². The van der Waals surface area contributed by atoms with Gasteiger partial charge in [-0.25, -0.2) is 0 Å². The molecule has 5 heteroatoms. The molecule has 0 saturated carbocycles. The van der Waals surface area contributed by atoms with Gasteiger partial charge in [-0.15, -0.1) is 0 Å². The lowest BCUT2D eigenvalue weighted by Gasteiger charge is -2.15. The number of carbonyl (C=O) groups is 1. The molecule has 0 aromatic heterocycles. The Bertz CT molecular complexity index is 226. The molecule has 16 heavy (non-hydrogen) atoms. The Morgan fingerprint density at radius 2 is 2.00 bits per heavy atom. The lowest BCUT2D eigenvalue weighted by molar-refractivity contribution is -0.135. The zero-order chi connectivity index (χ0) is 12.2. The Kier molecular flexibility index (Phi) is 9.67. The van der Waals surface area contributed by atoms with Crippen LogP contribution >= 0.6 is 0 Å². The van der Waals surface area contributed by atoms with E-state index in [4.69, 9.17) is 14.7 Å². The van der Waals surface area contributed by atoms with Gasteiger partial charge in [0.15, 0.2) is 0 Å². The first-order chi connectivity index (χ1) is 7.72. The van der Waals surface area contributed by atoms with Crippen LogP contribution in [0.25, 0.3) is 0 Å². The lowest BCUT2D eigenvalue weighted by atomic mass is 10.4. The zero-order valence-electron chi connectivity index (χ0n) is 10.1. The van der Waals surface area contributed by atoms with Crippen LogP contribution in [0.3, 0.4) is 0 Å². The molecule has 0 heterocycles. The molecule has 0 rings (SSSR count). The molecule has 0 aliphatic heterocycles. The van der Waals surface area contributed by atoms with Crippen molar-refractivity contribution >= 4 is 5.91 Å². The Morgan fingerprint density at radius 1 is 1.31 bits per heavy atom. The summed E-state index contributed by atoms with van der Waals surface area (Å²) in [7, 11) is 1.66. The van der Waals surface area contributed by atoms with Crippen LogP contribution in [-0.4, -0.2) is 50.8 Å². The maximum atomic E-state index is 11.4. The van der Waals surface area contributed by atoms with E-state index in [1.807, 2.05) is 13.0 Å². The fourth-order valence-corrected chi connectivity index (χ4v) is 0.976. The summed E-state index contributed by atoms with van der Waals surface area (Å²) in [6.45, 7) is 4.21. The molecule has 0 aromatic rings. The minimum absolute atomic E-state index is 0.0530. The van der Waals surface area contributed by atoms with E-state index in [9.17, 15) is 4.79 Å². The van der Waals surface area contributed by atoms with Crippen molar-refractivity contribution in [1.82, 2.24) is 4.90 Å². The van der Waals surface area contributed by atoms with Gasteiger partial charge in [0.25, 0.3) is 0 Å². The molecule has 0 aromatic carbocycles. The Labute approximate surface area is 96.9 Å². The summed E-state index contributed by atoms with van der Waals surface area (Å²) in [5, 5.41) is 8.36. The summed E-state index contributed by atoms with van der Waals surface area (Å²) in [6.07, 6.45) is 1.33. The number of likely N-dealkylation sites (N-methyl/N-ethyl adjacent to an activating group) is 1. The molecule has 0 aliphatic rings. The summed E-state index contributed by atoms with van der Waals surface area (Å²) in [5.74, 6) is -0.106. The Balaban J connectivity index is 3.39. The van der Waals surface area contributed by atoms with Crippen LogP contribution in [-0.2, 0) is 14.3 Å². The molecule has 0 unspecified atom stereocenters. The molecule has 0 aliphatic carbocycles. The van der Waals surface area contributed by atoms with E-state index >= 15 is 0 Å². The highest BCUT2D eigenvalue weighted by atomic mass is 16.5. The van der Waals surface area contributed by atoms with E-state index in [1.165, 1.54) is 4.90 Å². The molecule has 1 amide bonds. The molecule has 92 valence electrons. The molecular weight excluding hydrogens is 208 g/mol. The average molecular weight is 228 g/mol. The van der Waals surface area contributed by atoms with Gasteiger partial charge in [-0.2, -0.15) is 5.26 Å². The van der Waals surface area contributed by atoms with Crippen molar-refractivity contribution in [2.75, 3.05) is 40.0 Å². The number of nitriles is 1.